The number of likely N-dealkylation sites (N-methyl/N-ethyl adjacent to an activating group) is 1. The van der Waals surface area contributed by atoms with Crippen molar-refractivity contribution in [1.29, 1.82) is 0 Å². The van der Waals surface area contributed by atoms with Gasteiger partial charge in [0.05, 0.1) is 0 Å². The van der Waals surface area contributed by atoms with Crippen molar-refractivity contribution >= 4 is 23.4 Å². The zero-order chi connectivity index (χ0) is 14.4. The maximum Gasteiger partial charge on any atom is 0.136 e. The van der Waals surface area contributed by atoms with E-state index in [9.17, 15) is 4.39 Å². The van der Waals surface area contributed by atoms with Gasteiger partial charge in [-0.15, -0.1) is 11.8 Å². The maximum absolute atomic E-state index is 13.6. The Morgan fingerprint density at radius 3 is 2.50 bits per heavy atom. The average molecular weight is 310 g/mol. The third kappa shape index (κ3) is 4.51. The SMILES string of the molecule is CNC(CSc1ccccc1F)Cc1ccc(Cl)cc1. The number of hydrogen-bond donors (Lipinski definition) is 1. The van der Waals surface area contributed by atoms with Crippen LogP contribution in [0, 0.1) is 5.82 Å². The molecule has 0 spiro atoms. The number of halogens is 2. The second-order valence-electron chi connectivity index (χ2n) is 4.56. The van der Waals surface area contributed by atoms with Gasteiger partial charge in [0.15, 0.2) is 0 Å². The van der Waals surface area contributed by atoms with Gasteiger partial charge in [0.25, 0.3) is 0 Å². The molecule has 1 nitrogen and oxygen atoms in total. The summed E-state index contributed by atoms with van der Waals surface area (Å²) in [6.45, 7) is 0. The van der Waals surface area contributed by atoms with Crippen LogP contribution in [0.3, 0.4) is 0 Å². The van der Waals surface area contributed by atoms with Crippen LogP contribution in [0.4, 0.5) is 4.39 Å². The molecule has 106 valence electrons. The Morgan fingerprint density at radius 1 is 1.15 bits per heavy atom. The first-order valence-electron chi connectivity index (χ1n) is 6.48. The van der Waals surface area contributed by atoms with Gasteiger partial charge in [-0.25, -0.2) is 4.39 Å². The summed E-state index contributed by atoms with van der Waals surface area (Å²) in [7, 11) is 1.93. The summed E-state index contributed by atoms with van der Waals surface area (Å²) in [4.78, 5) is 0.698. The van der Waals surface area contributed by atoms with Gasteiger partial charge < -0.3 is 5.32 Å². The van der Waals surface area contributed by atoms with Crippen molar-refractivity contribution in [3.05, 3.63) is 64.9 Å². The quantitative estimate of drug-likeness (QED) is 0.794. The first-order valence-corrected chi connectivity index (χ1v) is 7.84. The molecule has 0 saturated carbocycles. The second kappa shape index (κ2) is 7.67. The van der Waals surface area contributed by atoms with Crippen LogP contribution in [0.1, 0.15) is 5.56 Å². The van der Waals surface area contributed by atoms with Crippen LogP contribution in [0.5, 0.6) is 0 Å². The molecule has 0 heterocycles. The molecule has 1 unspecified atom stereocenters. The summed E-state index contributed by atoms with van der Waals surface area (Å²) in [5, 5.41) is 4.02. The van der Waals surface area contributed by atoms with Crippen molar-refractivity contribution < 1.29 is 4.39 Å². The van der Waals surface area contributed by atoms with Gasteiger partial charge in [-0.05, 0) is 43.3 Å². The lowest BCUT2D eigenvalue weighted by molar-refractivity contribution is 0.598. The highest BCUT2D eigenvalue weighted by Gasteiger charge is 2.10. The fraction of sp³-hybridized carbons (Fsp3) is 0.250. The van der Waals surface area contributed by atoms with E-state index < -0.39 is 0 Å². The molecule has 0 aliphatic heterocycles. The van der Waals surface area contributed by atoms with Crippen molar-refractivity contribution in [3.8, 4) is 0 Å². The number of rotatable bonds is 6. The molecule has 2 aromatic rings. The van der Waals surface area contributed by atoms with E-state index in [0.717, 1.165) is 17.2 Å². The highest BCUT2D eigenvalue weighted by molar-refractivity contribution is 7.99. The minimum atomic E-state index is -0.154. The normalized spacial score (nSPS) is 12.3. The zero-order valence-electron chi connectivity index (χ0n) is 11.3. The number of nitrogens with one attached hydrogen (secondary N) is 1. The van der Waals surface area contributed by atoms with E-state index in [1.807, 2.05) is 43.4 Å². The minimum absolute atomic E-state index is 0.154. The molecule has 1 N–H and O–H groups in total. The van der Waals surface area contributed by atoms with Crippen molar-refractivity contribution in [2.45, 2.75) is 17.4 Å². The summed E-state index contributed by atoms with van der Waals surface area (Å²) < 4.78 is 13.6. The van der Waals surface area contributed by atoms with Crippen LogP contribution in [-0.4, -0.2) is 18.8 Å². The van der Waals surface area contributed by atoms with Crippen LogP contribution in [0.15, 0.2) is 53.4 Å². The number of benzene rings is 2. The summed E-state index contributed by atoms with van der Waals surface area (Å²) >= 11 is 7.42. The predicted octanol–water partition coefficient (Wildman–Crippen LogP) is 4.40. The van der Waals surface area contributed by atoms with Crippen molar-refractivity contribution in [1.82, 2.24) is 5.32 Å². The fourth-order valence-electron chi connectivity index (χ4n) is 1.90. The lowest BCUT2D eigenvalue weighted by atomic mass is 10.1. The molecule has 20 heavy (non-hydrogen) atoms. The molecular weight excluding hydrogens is 293 g/mol. The second-order valence-corrected chi connectivity index (χ2v) is 6.06. The standard InChI is InChI=1S/C16H17ClFNS/c1-19-14(10-12-6-8-13(17)9-7-12)11-20-16-5-3-2-4-15(16)18/h2-9,14,19H,10-11H2,1H3. The highest BCUT2D eigenvalue weighted by atomic mass is 35.5. The third-order valence-electron chi connectivity index (χ3n) is 3.08. The Morgan fingerprint density at radius 2 is 1.85 bits per heavy atom. The van der Waals surface area contributed by atoms with Gasteiger partial charge in [-0.2, -0.15) is 0 Å². The smallest absolute Gasteiger partial charge is 0.136 e. The van der Waals surface area contributed by atoms with Gasteiger partial charge in [-0.3, -0.25) is 0 Å². The zero-order valence-corrected chi connectivity index (χ0v) is 12.8. The van der Waals surface area contributed by atoms with E-state index >= 15 is 0 Å². The minimum Gasteiger partial charge on any atom is -0.316 e. The van der Waals surface area contributed by atoms with Crippen LogP contribution in [0.2, 0.25) is 5.02 Å². The lowest BCUT2D eigenvalue weighted by Gasteiger charge is -2.16. The first kappa shape index (κ1) is 15.4. The van der Waals surface area contributed by atoms with Gasteiger partial charge in [0.1, 0.15) is 5.82 Å². The van der Waals surface area contributed by atoms with Crippen molar-refractivity contribution in [3.63, 3.8) is 0 Å². The van der Waals surface area contributed by atoms with Gasteiger partial charge >= 0.3 is 0 Å². The molecule has 4 heteroatoms. The number of hydrogen-bond acceptors (Lipinski definition) is 2. The van der Waals surface area contributed by atoms with Gasteiger partial charge in [0.2, 0.25) is 0 Å². The van der Waals surface area contributed by atoms with E-state index in [-0.39, 0.29) is 5.82 Å². The molecule has 0 bridgehead atoms. The molecule has 0 amide bonds. The molecule has 1 atom stereocenters. The van der Waals surface area contributed by atoms with Crippen LogP contribution in [0.25, 0.3) is 0 Å². The molecule has 0 radical (unpaired) electrons. The molecule has 0 saturated heterocycles. The third-order valence-corrected chi connectivity index (χ3v) is 4.54. The molecular formula is C16H17ClFNS. The van der Waals surface area contributed by atoms with Crippen LogP contribution >= 0.6 is 23.4 Å². The summed E-state index contributed by atoms with van der Waals surface area (Å²) in [6.07, 6.45) is 0.898. The van der Waals surface area contributed by atoms with Crippen molar-refractivity contribution in [2.24, 2.45) is 0 Å². The van der Waals surface area contributed by atoms with E-state index in [1.54, 1.807) is 6.07 Å². The molecule has 0 aliphatic carbocycles. The first-order chi connectivity index (χ1) is 9.69. The average Bonchev–Trinajstić information content (AvgIpc) is 2.47. The molecule has 0 fully saturated rings. The molecule has 0 aromatic heterocycles. The van der Waals surface area contributed by atoms with Crippen LogP contribution < -0.4 is 5.32 Å². The Hall–Kier alpha value is -1.03. The Labute approximate surface area is 128 Å². The van der Waals surface area contributed by atoms with E-state index in [1.165, 1.54) is 23.4 Å². The highest BCUT2D eigenvalue weighted by Crippen LogP contribution is 2.22. The fourth-order valence-corrected chi connectivity index (χ4v) is 3.07. The van der Waals surface area contributed by atoms with Crippen LogP contribution in [-0.2, 0) is 6.42 Å². The van der Waals surface area contributed by atoms with Gasteiger partial charge in [0, 0.05) is 21.7 Å². The largest absolute Gasteiger partial charge is 0.316 e. The number of thioether (sulfide) groups is 1. The van der Waals surface area contributed by atoms with E-state index in [4.69, 9.17) is 11.6 Å². The lowest BCUT2D eigenvalue weighted by Crippen LogP contribution is -2.30. The molecule has 2 aromatic carbocycles. The Bertz CT molecular complexity index is 544. The maximum atomic E-state index is 13.6. The summed E-state index contributed by atoms with van der Waals surface area (Å²) in [5.41, 5.74) is 1.22. The van der Waals surface area contributed by atoms with E-state index in [2.05, 4.69) is 5.32 Å². The summed E-state index contributed by atoms with van der Waals surface area (Å²) in [5.74, 6) is 0.666. The van der Waals surface area contributed by atoms with Gasteiger partial charge in [-0.1, -0.05) is 35.9 Å². The molecule has 0 aliphatic rings. The molecule has 2 rings (SSSR count). The van der Waals surface area contributed by atoms with E-state index in [0.29, 0.717) is 10.9 Å². The monoisotopic (exact) mass is 309 g/mol. The van der Waals surface area contributed by atoms with Crippen molar-refractivity contribution in [2.75, 3.05) is 12.8 Å². The predicted molar refractivity (Wildman–Crippen MR) is 85.1 cm³/mol. The Balaban J connectivity index is 1.92. The topological polar surface area (TPSA) is 12.0 Å². The summed E-state index contributed by atoms with van der Waals surface area (Å²) in [6, 6.07) is 15.0. The Kier molecular flexibility index (Phi) is 5.89.